The molecule has 1 saturated heterocycles. The molecule has 2 aromatic rings. The van der Waals surface area contributed by atoms with E-state index in [2.05, 4.69) is 15.3 Å². The minimum Gasteiger partial charge on any atom is -0.386 e. The van der Waals surface area contributed by atoms with Crippen molar-refractivity contribution in [1.29, 1.82) is 0 Å². The minimum atomic E-state index is -0.908. The average Bonchev–Trinajstić information content (AvgIpc) is 3.09. The van der Waals surface area contributed by atoms with Crippen LogP contribution in [0.1, 0.15) is 18.7 Å². The number of hydrogen-bond donors (Lipinski definition) is 3. The molecular weight excluding hydrogens is 270 g/mol. The predicted octanol–water partition coefficient (Wildman–Crippen LogP) is 0.763. The molecule has 0 saturated carbocycles. The van der Waals surface area contributed by atoms with Gasteiger partial charge in [-0.05, 0) is 12.1 Å². The first-order valence-corrected chi connectivity index (χ1v) is 7.15. The molecule has 6 nitrogen and oxygen atoms in total. The molecule has 1 unspecified atom stereocenters. The third-order valence-electron chi connectivity index (χ3n) is 3.72. The molecule has 6 heteroatoms. The van der Waals surface area contributed by atoms with E-state index in [4.69, 9.17) is 4.74 Å². The molecule has 0 bridgehead atoms. The number of nitrogens with one attached hydrogen (secondary N) is 2. The zero-order valence-electron chi connectivity index (χ0n) is 11.8. The molecule has 1 aromatic heterocycles. The summed E-state index contributed by atoms with van der Waals surface area (Å²) in [5.74, 6) is 0.713. The summed E-state index contributed by atoms with van der Waals surface area (Å²) in [6, 6.07) is 7.78. The maximum Gasteiger partial charge on any atom is 0.220 e. The summed E-state index contributed by atoms with van der Waals surface area (Å²) in [7, 11) is 0. The number of H-pyrrole nitrogens is 1. The summed E-state index contributed by atoms with van der Waals surface area (Å²) in [6.45, 7) is 1.08. The van der Waals surface area contributed by atoms with E-state index >= 15 is 0 Å². The maximum atomic E-state index is 11.8. The summed E-state index contributed by atoms with van der Waals surface area (Å²) in [5, 5.41) is 12.8. The Bertz CT molecular complexity index is 599. The zero-order chi connectivity index (χ0) is 14.7. The Kier molecular flexibility index (Phi) is 3.90. The van der Waals surface area contributed by atoms with Gasteiger partial charge in [0.05, 0.1) is 17.6 Å². The van der Waals surface area contributed by atoms with E-state index in [0.29, 0.717) is 25.9 Å². The van der Waals surface area contributed by atoms with Crippen molar-refractivity contribution < 1.29 is 14.6 Å². The molecule has 1 amide bonds. The van der Waals surface area contributed by atoms with Crippen LogP contribution in [0.25, 0.3) is 11.0 Å². The van der Waals surface area contributed by atoms with Gasteiger partial charge in [-0.1, -0.05) is 12.1 Å². The molecule has 1 fully saturated rings. The number of aryl methyl sites for hydroxylation is 1. The van der Waals surface area contributed by atoms with Crippen molar-refractivity contribution in [3.8, 4) is 0 Å². The SMILES string of the molecule is O=C(CCc1nc2ccccc2[nH]1)NCC1(O)CCOC1. The molecule has 2 heterocycles. The Morgan fingerprint density at radius 2 is 2.33 bits per heavy atom. The standard InChI is InChI=1S/C15H19N3O3/c19-14(16-9-15(20)7-8-21-10-15)6-5-13-17-11-3-1-2-4-12(11)18-13/h1-4,20H,5-10H2,(H,16,19)(H,17,18). The number of aliphatic hydroxyl groups is 1. The van der Waals surface area contributed by atoms with E-state index in [1.165, 1.54) is 0 Å². The number of fused-ring (bicyclic) bond motifs is 1. The zero-order valence-corrected chi connectivity index (χ0v) is 11.8. The van der Waals surface area contributed by atoms with Crippen molar-refractivity contribution >= 4 is 16.9 Å². The van der Waals surface area contributed by atoms with E-state index in [1.54, 1.807) is 0 Å². The number of ether oxygens (including phenoxy) is 1. The van der Waals surface area contributed by atoms with Crippen LogP contribution < -0.4 is 5.32 Å². The van der Waals surface area contributed by atoms with E-state index in [9.17, 15) is 9.90 Å². The molecular formula is C15H19N3O3. The highest BCUT2D eigenvalue weighted by molar-refractivity contribution is 5.77. The number of rotatable bonds is 5. The number of carbonyl (C=O) groups excluding carboxylic acids is 1. The third-order valence-corrected chi connectivity index (χ3v) is 3.72. The van der Waals surface area contributed by atoms with Crippen LogP contribution in [0.4, 0.5) is 0 Å². The number of carbonyl (C=O) groups is 1. The first kappa shape index (κ1) is 14.0. The monoisotopic (exact) mass is 289 g/mol. The second-order valence-corrected chi connectivity index (χ2v) is 5.50. The van der Waals surface area contributed by atoms with Crippen LogP contribution in [-0.2, 0) is 16.0 Å². The Hall–Kier alpha value is -1.92. The smallest absolute Gasteiger partial charge is 0.220 e. The molecule has 1 atom stereocenters. The van der Waals surface area contributed by atoms with Crippen molar-refractivity contribution in [2.45, 2.75) is 24.9 Å². The Balaban J connectivity index is 1.49. The number of benzene rings is 1. The van der Waals surface area contributed by atoms with Gasteiger partial charge in [-0.2, -0.15) is 0 Å². The van der Waals surface area contributed by atoms with E-state index in [1.807, 2.05) is 24.3 Å². The number of para-hydroxylation sites is 2. The second kappa shape index (κ2) is 5.83. The van der Waals surface area contributed by atoms with Crippen molar-refractivity contribution in [1.82, 2.24) is 15.3 Å². The third kappa shape index (κ3) is 3.40. The van der Waals surface area contributed by atoms with Gasteiger partial charge in [0.25, 0.3) is 0 Å². The van der Waals surface area contributed by atoms with Gasteiger partial charge in [-0.25, -0.2) is 4.98 Å². The molecule has 1 aromatic carbocycles. The normalized spacial score (nSPS) is 21.8. The second-order valence-electron chi connectivity index (χ2n) is 5.50. The van der Waals surface area contributed by atoms with E-state index in [-0.39, 0.29) is 19.1 Å². The van der Waals surface area contributed by atoms with Gasteiger partial charge < -0.3 is 20.1 Å². The Morgan fingerprint density at radius 3 is 3.10 bits per heavy atom. The van der Waals surface area contributed by atoms with Gasteiger partial charge in [-0.3, -0.25) is 4.79 Å². The van der Waals surface area contributed by atoms with Crippen LogP contribution in [0.3, 0.4) is 0 Å². The lowest BCUT2D eigenvalue weighted by molar-refractivity contribution is -0.122. The van der Waals surface area contributed by atoms with Gasteiger partial charge >= 0.3 is 0 Å². The fraction of sp³-hybridized carbons (Fsp3) is 0.467. The van der Waals surface area contributed by atoms with Gasteiger partial charge in [0.2, 0.25) is 5.91 Å². The fourth-order valence-electron chi connectivity index (χ4n) is 2.44. The number of aromatic amines is 1. The average molecular weight is 289 g/mol. The molecule has 3 N–H and O–H groups in total. The summed E-state index contributed by atoms with van der Waals surface area (Å²) in [5.41, 5.74) is 0.977. The molecule has 112 valence electrons. The van der Waals surface area contributed by atoms with Crippen LogP contribution in [-0.4, -0.2) is 46.3 Å². The quantitative estimate of drug-likeness (QED) is 0.758. The minimum absolute atomic E-state index is 0.0872. The summed E-state index contributed by atoms with van der Waals surface area (Å²) in [6.07, 6.45) is 1.46. The molecule has 3 rings (SSSR count). The molecule has 1 aliphatic heterocycles. The van der Waals surface area contributed by atoms with Crippen LogP contribution in [0, 0.1) is 0 Å². The number of aromatic nitrogens is 2. The highest BCUT2D eigenvalue weighted by Gasteiger charge is 2.32. The molecule has 0 spiro atoms. The lowest BCUT2D eigenvalue weighted by Gasteiger charge is -2.20. The van der Waals surface area contributed by atoms with Crippen molar-refractivity contribution in [3.05, 3.63) is 30.1 Å². The van der Waals surface area contributed by atoms with Gasteiger partial charge in [0.1, 0.15) is 11.4 Å². The van der Waals surface area contributed by atoms with E-state index < -0.39 is 5.60 Å². The first-order chi connectivity index (χ1) is 10.1. The molecule has 0 radical (unpaired) electrons. The lowest BCUT2D eigenvalue weighted by Crippen LogP contribution is -2.43. The van der Waals surface area contributed by atoms with Gasteiger partial charge in [0.15, 0.2) is 0 Å². The Morgan fingerprint density at radius 1 is 1.48 bits per heavy atom. The number of hydrogen-bond acceptors (Lipinski definition) is 4. The number of nitrogens with zero attached hydrogens (tertiary/aromatic N) is 1. The van der Waals surface area contributed by atoms with Crippen LogP contribution >= 0.6 is 0 Å². The molecule has 1 aliphatic rings. The highest BCUT2D eigenvalue weighted by atomic mass is 16.5. The molecule has 0 aliphatic carbocycles. The summed E-state index contributed by atoms with van der Waals surface area (Å²) >= 11 is 0. The number of imidazole rings is 1. The fourth-order valence-corrected chi connectivity index (χ4v) is 2.44. The highest BCUT2D eigenvalue weighted by Crippen LogP contribution is 2.17. The number of amides is 1. The summed E-state index contributed by atoms with van der Waals surface area (Å²) < 4.78 is 5.14. The topological polar surface area (TPSA) is 87.2 Å². The van der Waals surface area contributed by atoms with Gasteiger partial charge in [0, 0.05) is 32.4 Å². The maximum absolute atomic E-state index is 11.8. The Labute approximate surface area is 122 Å². The van der Waals surface area contributed by atoms with Gasteiger partial charge in [-0.15, -0.1) is 0 Å². The van der Waals surface area contributed by atoms with Crippen LogP contribution in [0.15, 0.2) is 24.3 Å². The van der Waals surface area contributed by atoms with Crippen molar-refractivity contribution in [3.63, 3.8) is 0 Å². The lowest BCUT2D eigenvalue weighted by atomic mass is 10.0. The first-order valence-electron chi connectivity index (χ1n) is 7.15. The largest absolute Gasteiger partial charge is 0.386 e. The van der Waals surface area contributed by atoms with Crippen molar-refractivity contribution in [2.75, 3.05) is 19.8 Å². The van der Waals surface area contributed by atoms with Crippen LogP contribution in [0.5, 0.6) is 0 Å². The van der Waals surface area contributed by atoms with E-state index in [0.717, 1.165) is 16.9 Å². The summed E-state index contributed by atoms with van der Waals surface area (Å²) in [4.78, 5) is 19.5. The van der Waals surface area contributed by atoms with Crippen molar-refractivity contribution in [2.24, 2.45) is 0 Å². The predicted molar refractivity (Wildman–Crippen MR) is 77.8 cm³/mol. The van der Waals surface area contributed by atoms with Crippen LogP contribution in [0.2, 0.25) is 0 Å². The molecule has 21 heavy (non-hydrogen) atoms.